The number of urea groups is 1. The minimum atomic E-state index is -1.32. The Bertz CT molecular complexity index is 560. The summed E-state index contributed by atoms with van der Waals surface area (Å²) >= 11 is 5.45. The fraction of sp³-hybridized carbons (Fsp3) is 0. The number of hydrogen-bond donors (Lipinski definition) is 3. The van der Waals surface area contributed by atoms with Crippen LogP contribution in [-0.2, 0) is 9.59 Å². The second kappa shape index (κ2) is 6.50. The molecule has 3 N–H and O–H groups in total. The van der Waals surface area contributed by atoms with Crippen molar-refractivity contribution in [2.45, 2.75) is 0 Å². The summed E-state index contributed by atoms with van der Waals surface area (Å²) in [6.45, 7) is 0. The summed E-state index contributed by atoms with van der Waals surface area (Å²) in [5.41, 5.74) is 0.0921. The van der Waals surface area contributed by atoms with Crippen LogP contribution in [0, 0.1) is 5.82 Å². The highest BCUT2D eigenvalue weighted by Crippen LogP contribution is 2.18. The predicted molar refractivity (Wildman–Crippen MR) is 65.3 cm³/mol. The van der Waals surface area contributed by atoms with E-state index in [2.05, 4.69) is 5.32 Å². The number of anilines is 1. The molecule has 19 heavy (non-hydrogen) atoms. The SMILES string of the molecule is O=C(O)/C=C/C(=O)NC(=O)Nc1ccc(Cl)c(F)c1. The van der Waals surface area contributed by atoms with Crippen LogP contribution in [-0.4, -0.2) is 23.0 Å². The van der Waals surface area contributed by atoms with Crippen LogP contribution in [0.2, 0.25) is 5.02 Å². The Hall–Kier alpha value is -2.41. The third-order valence-corrected chi connectivity index (χ3v) is 2.10. The quantitative estimate of drug-likeness (QED) is 0.738. The molecule has 0 radical (unpaired) electrons. The number of benzene rings is 1. The molecule has 0 fully saturated rings. The second-order valence-electron chi connectivity index (χ2n) is 3.24. The molecule has 6 nitrogen and oxygen atoms in total. The monoisotopic (exact) mass is 286 g/mol. The van der Waals surface area contributed by atoms with E-state index in [0.29, 0.717) is 12.2 Å². The minimum absolute atomic E-state index is 0.0921. The zero-order valence-electron chi connectivity index (χ0n) is 9.31. The summed E-state index contributed by atoms with van der Waals surface area (Å²) in [7, 11) is 0. The van der Waals surface area contributed by atoms with Gasteiger partial charge in [0.1, 0.15) is 5.82 Å². The molecule has 0 aliphatic rings. The van der Waals surface area contributed by atoms with Crippen LogP contribution in [0.15, 0.2) is 30.4 Å². The first-order chi connectivity index (χ1) is 8.88. The van der Waals surface area contributed by atoms with Gasteiger partial charge in [0, 0.05) is 17.8 Å². The molecule has 1 aromatic rings. The lowest BCUT2D eigenvalue weighted by molar-refractivity contribution is -0.131. The van der Waals surface area contributed by atoms with Gasteiger partial charge in [-0.2, -0.15) is 0 Å². The van der Waals surface area contributed by atoms with Crippen LogP contribution < -0.4 is 10.6 Å². The molecular formula is C11H8ClFN2O4. The lowest BCUT2D eigenvalue weighted by Crippen LogP contribution is -2.33. The molecule has 0 heterocycles. The van der Waals surface area contributed by atoms with Gasteiger partial charge in [-0.1, -0.05) is 11.6 Å². The van der Waals surface area contributed by atoms with Crippen LogP contribution in [0.4, 0.5) is 14.9 Å². The van der Waals surface area contributed by atoms with E-state index in [0.717, 1.165) is 6.07 Å². The van der Waals surface area contributed by atoms with Gasteiger partial charge in [-0.3, -0.25) is 10.1 Å². The number of carboxylic acids is 1. The molecule has 8 heteroatoms. The molecule has 0 saturated carbocycles. The third kappa shape index (κ3) is 5.17. The number of carbonyl (C=O) groups is 3. The molecule has 0 unspecified atom stereocenters. The van der Waals surface area contributed by atoms with Crippen molar-refractivity contribution in [1.29, 1.82) is 0 Å². The van der Waals surface area contributed by atoms with E-state index in [1.807, 2.05) is 5.32 Å². The van der Waals surface area contributed by atoms with Crippen molar-refractivity contribution < 1.29 is 23.9 Å². The molecule has 0 aliphatic carbocycles. The number of aliphatic carboxylic acids is 1. The van der Waals surface area contributed by atoms with Gasteiger partial charge in [0.05, 0.1) is 5.02 Å². The Kier molecular flexibility index (Phi) is 5.01. The molecule has 3 amide bonds. The maximum absolute atomic E-state index is 13.1. The second-order valence-corrected chi connectivity index (χ2v) is 3.65. The van der Waals surface area contributed by atoms with Gasteiger partial charge >= 0.3 is 12.0 Å². The largest absolute Gasteiger partial charge is 0.478 e. The normalized spacial score (nSPS) is 10.2. The van der Waals surface area contributed by atoms with Crippen molar-refractivity contribution in [3.8, 4) is 0 Å². The topological polar surface area (TPSA) is 95.5 Å². The molecule has 0 atom stereocenters. The van der Waals surface area contributed by atoms with Crippen molar-refractivity contribution in [3.63, 3.8) is 0 Å². The Balaban J connectivity index is 2.58. The standard InChI is InChI=1S/C11H8ClFN2O4/c12-7-2-1-6(5-8(7)13)14-11(19)15-9(16)3-4-10(17)18/h1-5H,(H,17,18)(H2,14,15,16,19)/b4-3+. The van der Waals surface area contributed by atoms with Gasteiger partial charge in [0.15, 0.2) is 0 Å². The van der Waals surface area contributed by atoms with Gasteiger partial charge < -0.3 is 10.4 Å². The van der Waals surface area contributed by atoms with E-state index in [9.17, 15) is 18.8 Å². The third-order valence-electron chi connectivity index (χ3n) is 1.79. The lowest BCUT2D eigenvalue weighted by atomic mass is 10.3. The first kappa shape index (κ1) is 14.7. The van der Waals surface area contributed by atoms with Crippen molar-refractivity contribution >= 4 is 35.2 Å². The van der Waals surface area contributed by atoms with Crippen LogP contribution >= 0.6 is 11.6 Å². The van der Waals surface area contributed by atoms with Crippen LogP contribution in [0.3, 0.4) is 0 Å². The van der Waals surface area contributed by atoms with Gasteiger partial charge in [0.2, 0.25) is 0 Å². The fourth-order valence-corrected chi connectivity index (χ4v) is 1.15. The summed E-state index contributed by atoms with van der Waals surface area (Å²) in [6, 6.07) is 2.61. The average molecular weight is 287 g/mol. The molecule has 100 valence electrons. The van der Waals surface area contributed by atoms with E-state index >= 15 is 0 Å². The molecule has 0 aliphatic heterocycles. The van der Waals surface area contributed by atoms with Gasteiger partial charge in [-0.05, 0) is 18.2 Å². The maximum atomic E-state index is 13.1. The molecule has 0 bridgehead atoms. The zero-order valence-corrected chi connectivity index (χ0v) is 10.1. The first-order valence-electron chi connectivity index (χ1n) is 4.86. The molecular weight excluding hydrogens is 279 g/mol. The Morgan fingerprint density at radius 1 is 1.26 bits per heavy atom. The number of amides is 3. The number of carbonyl (C=O) groups excluding carboxylic acids is 2. The molecule has 1 aromatic carbocycles. The maximum Gasteiger partial charge on any atom is 0.328 e. The smallest absolute Gasteiger partial charge is 0.328 e. The molecule has 0 aromatic heterocycles. The highest BCUT2D eigenvalue weighted by atomic mass is 35.5. The van der Waals surface area contributed by atoms with Crippen molar-refractivity contribution in [2.24, 2.45) is 0 Å². The summed E-state index contributed by atoms with van der Waals surface area (Å²) in [4.78, 5) is 32.5. The van der Waals surface area contributed by atoms with Crippen LogP contribution in [0.1, 0.15) is 0 Å². The van der Waals surface area contributed by atoms with E-state index in [1.54, 1.807) is 0 Å². The minimum Gasteiger partial charge on any atom is -0.478 e. The number of halogens is 2. The van der Waals surface area contributed by atoms with Crippen molar-refractivity contribution in [1.82, 2.24) is 5.32 Å². The average Bonchev–Trinajstić information content (AvgIpc) is 2.31. The summed E-state index contributed by atoms with van der Waals surface area (Å²) in [5.74, 6) is -2.97. The Labute approximate surface area is 111 Å². The summed E-state index contributed by atoms with van der Waals surface area (Å²) in [5, 5.41) is 12.2. The van der Waals surface area contributed by atoms with E-state index < -0.39 is 23.7 Å². The van der Waals surface area contributed by atoms with Gasteiger partial charge in [0.25, 0.3) is 5.91 Å². The Morgan fingerprint density at radius 2 is 1.95 bits per heavy atom. The van der Waals surface area contributed by atoms with Crippen LogP contribution in [0.25, 0.3) is 0 Å². The van der Waals surface area contributed by atoms with E-state index in [4.69, 9.17) is 16.7 Å². The fourth-order valence-electron chi connectivity index (χ4n) is 1.04. The Morgan fingerprint density at radius 3 is 2.53 bits per heavy atom. The number of hydrogen-bond acceptors (Lipinski definition) is 3. The predicted octanol–water partition coefficient (Wildman–Crippen LogP) is 1.77. The molecule has 0 spiro atoms. The molecule has 1 rings (SSSR count). The number of imide groups is 1. The summed E-state index contributed by atoms with van der Waals surface area (Å²) in [6.07, 6.45) is 1.24. The lowest BCUT2D eigenvalue weighted by Gasteiger charge is -2.05. The first-order valence-corrected chi connectivity index (χ1v) is 5.24. The number of rotatable bonds is 3. The van der Waals surface area contributed by atoms with Gasteiger partial charge in [-0.25, -0.2) is 14.0 Å². The van der Waals surface area contributed by atoms with E-state index in [1.165, 1.54) is 12.1 Å². The van der Waals surface area contributed by atoms with Crippen molar-refractivity contribution in [3.05, 3.63) is 41.2 Å². The number of carboxylic acid groups (broad SMARTS) is 1. The highest BCUT2D eigenvalue weighted by Gasteiger charge is 2.07. The van der Waals surface area contributed by atoms with Crippen LogP contribution in [0.5, 0.6) is 0 Å². The molecule has 0 saturated heterocycles. The summed E-state index contributed by atoms with van der Waals surface area (Å²) < 4.78 is 13.1. The van der Waals surface area contributed by atoms with E-state index in [-0.39, 0.29) is 10.7 Å². The number of nitrogens with one attached hydrogen (secondary N) is 2. The zero-order chi connectivity index (χ0) is 14.4. The highest BCUT2D eigenvalue weighted by molar-refractivity contribution is 6.30. The van der Waals surface area contributed by atoms with Crippen molar-refractivity contribution in [2.75, 3.05) is 5.32 Å². The van der Waals surface area contributed by atoms with Gasteiger partial charge in [-0.15, -0.1) is 0 Å².